The molecule has 2 fully saturated rings. The average Bonchev–Trinajstić information content (AvgIpc) is 3.56. The molecule has 2 aliphatic rings. The quantitative estimate of drug-likeness (QED) is 0.0686. The molecule has 0 spiro atoms. The highest BCUT2D eigenvalue weighted by Crippen LogP contribution is 2.42. The van der Waals surface area contributed by atoms with Crippen LogP contribution < -0.4 is 25.6 Å². The van der Waals surface area contributed by atoms with Crippen LogP contribution in [0.4, 0.5) is 41.6 Å². The van der Waals surface area contributed by atoms with Gasteiger partial charge in [-0.05, 0) is 116 Å². The number of aliphatic hydroxyl groups is 1. The van der Waals surface area contributed by atoms with Crippen LogP contribution in [0, 0.1) is 6.92 Å². The number of hydrogen-bond acceptors (Lipinski definition) is 11. The third-order valence-corrected chi connectivity index (χ3v) is 17.2. The Morgan fingerprint density at radius 1 is 0.797 bits per heavy atom. The zero-order valence-electron chi connectivity index (χ0n) is 38.2. The summed E-state index contributed by atoms with van der Waals surface area (Å²) in [6, 6.07) is 34.3. The standard InChI is InChI=1S/C50H55ClF3N7O5S3/c1-34-48(55)47(49(58(34)2)35-11-13-37(51)14-12-35)36-7-6-8-41(31-36)61-29-27-60(28-30-61)40-17-15-38(16-18-40)57-69(65,66)44-19-20-45(46(32-44)68(63,64)50(52,53)54)56-39(33-67-43-9-4-3-5-10-43)21-24-59-25-22-42(62)23-26-59/h3-20,31-32,39,42,56-57,62H,21-30,33,55H2,1-2H3/t39-/m1/s1. The van der Waals surface area contributed by atoms with Gasteiger partial charge in [-0.2, -0.15) is 13.2 Å². The Morgan fingerprint density at radius 2 is 1.45 bits per heavy atom. The molecule has 8 rings (SSSR count). The molecule has 1 aromatic heterocycles. The van der Waals surface area contributed by atoms with Gasteiger partial charge in [0.15, 0.2) is 0 Å². The summed E-state index contributed by atoms with van der Waals surface area (Å²) in [5.74, 6) is 0.380. The van der Waals surface area contributed by atoms with Gasteiger partial charge < -0.3 is 35.4 Å². The van der Waals surface area contributed by atoms with E-state index in [-0.39, 0.29) is 17.5 Å². The van der Waals surface area contributed by atoms with Gasteiger partial charge in [0.2, 0.25) is 0 Å². The molecule has 6 aromatic rings. The predicted octanol–water partition coefficient (Wildman–Crippen LogP) is 9.74. The number of piperidine rings is 1. The highest BCUT2D eigenvalue weighted by Gasteiger charge is 2.48. The van der Waals surface area contributed by atoms with E-state index < -0.39 is 41.2 Å². The van der Waals surface area contributed by atoms with Crippen molar-refractivity contribution in [3.05, 3.63) is 132 Å². The van der Waals surface area contributed by atoms with Gasteiger partial charge in [0.1, 0.15) is 4.90 Å². The Hall–Kier alpha value is -5.37. The van der Waals surface area contributed by atoms with Gasteiger partial charge >= 0.3 is 5.51 Å². The number of aromatic nitrogens is 1. The highest BCUT2D eigenvalue weighted by molar-refractivity contribution is 7.99. The van der Waals surface area contributed by atoms with E-state index in [0.717, 1.165) is 56.5 Å². The number of thioether (sulfide) groups is 1. The van der Waals surface area contributed by atoms with Crippen LogP contribution in [-0.4, -0.2) is 101 Å². The minimum atomic E-state index is -6.01. The number of rotatable bonds is 16. The zero-order chi connectivity index (χ0) is 49.1. The van der Waals surface area contributed by atoms with E-state index in [0.29, 0.717) is 87.6 Å². The molecule has 69 heavy (non-hydrogen) atoms. The lowest BCUT2D eigenvalue weighted by atomic mass is 9.99. The fraction of sp³-hybridized carbons (Fsp3) is 0.320. The molecular weight excluding hydrogens is 967 g/mol. The van der Waals surface area contributed by atoms with Gasteiger partial charge in [0.05, 0.1) is 28.1 Å². The maximum atomic E-state index is 14.3. The fourth-order valence-electron chi connectivity index (χ4n) is 8.85. The number of nitrogens with two attached hydrogens (primary N) is 1. The van der Waals surface area contributed by atoms with Crippen LogP contribution in [0.5, 0.6) is 0 Å². The molecule has 2 aliphatic heterocycles. The van der Waals surface area contributed by atoms with Crippen molar-refractivity contribution in [3.63, 3.8) is 0 Å². The van der Waals surface area contributed by atoms with Crippen molar-refractivity contribution in [2.45, 2.75) is 58.5 Å². The van der Waals surface area contributed by atoms with Crippen molar-refractivity contribution < 1.29 is 35.1 Å². The van der Waals surface area contributed by atoms with Crippen LogP contribution in [0.2, 0.25) is 5.02 Å². The number of benzene rings is 5. The minimum Gasteiger partial charge on any atom is -0.397 e. The van der Waals surface area contributed by atoms with Gasteiger partial charge in [0, 0.05) is 103 Å². The summed E-state index contributed by atoms with van der Waals surface area (Å²) >= 11 is 7.67. The Balaban J connectivity index is 0.951. The van der Waals surface area contributed by atoms with Crippen molar-refractivity contribution in [1.82, 2.24) is 9.47 Å². The van der Waals surface area contributed by atoms with Crippen molar-refractivity contribution >= 4 is 71.7 Å². The second kappa shape index (κ2) is 20.9. The van der Waals surface area contributed by atoms with E-state index in [2.05, 4.69) is 47.5 Å². The summed E-state index contributed by atoms with van der Waals surface area (Å²) in [7, 11) is -8.57. The number of nitrogens with zero attached hydrogens (tertiary/aromatic N) is 4. The second-order valence-electron chi connectivity index (χ2n) is 17.4. The molecule has 5 N–H and O–H groups in total. The molecule has 5 aromatic carbocycles. The number of sulfone groups is 1. The van der Waals surface area contributed by atoms with Crippen molar-refractivity contribution in [2.24, 2.45) is 7.05 Å². The van der Waals surface area contributed by atoms with Gasteiger partial charge in [-0.15, -0.1) is 11.8 Å². The summed E-state index contributed by atoms with van der Waals surface area (Å²) in [6.45, 7) is 6.61. The van der Waals surface area contributed by atoms with E-state index in [4.69, 9.17) is 17.3 Å². The molecule has 2 saturated heterocycles. The highest BCUT2D eigenvalue weighted by atomic mass is 35.5. The Bertz CT molecular complexity index is 2960. The van der Waals surface area contributed by atoms with Gasteiger partial charge in [-0.1, -0.05) is 54.1 Å². The number of anilines is 5. The number of alkyl halides is 3. The molecule has 3 heterocycles. The number of nitrogen functional groups attached to an aromatic ring is 1. The number of aliphatic hydroxyl groups excluding tert-OH is 1. The first-order valence-corrected chi connectivity index (χ1v) is 26.9. The lowest BCUT2D eigenvalue weighted by Gasteiger charge is -2.37. The predicted molar refractivity (Wildman–Crippen MR) is 273 cm³/mol. The summed E-state index contributed by atoms with van der Waals surface area (Å²) in [4.78, 5) is 5.73. The summed E-state index contributed by atoms with van der Waals surface area (Å²) in [5.41, 5.74) is 8.33. The molecule has 366 valence electrons. The first-order valence-electron chi connectivity index (χ1n) is 22.6. The second-order valence-corrected chi connectivity index (χ2v) is 22.5. The topological polar surface area (TPSA) is 153 Å². The molecule has 0 bridgehead atoms. The van der Waals surface area contributed by atoms with Gasteiger partial charge in [-0.25, -0.2) is 16.8 Å². The first-order chi connectivity index (χ1) is 32.9. The van der Waals surface area contributed by atoms with E-state index >= 15 is 0 Å². The van der Waals surface area contributed by atoms with E-state index in [1.807, 2.05) is 74.6 Å². The van der Waals surface area contributed by atoms with Crippen molar-refractivity contribution in [3.8, 4) is 22.4 Å². The van der Waals surface area contributed by atoms with Crippen LogP contribution in [0.25, 0.3) is 22.4 Å². The number of sulfonamides is 1. The average molecular weight is 1020 g/mol. The zero-order valence-corrected chi connectivity index (χ0v) is 41.4. The Morgan fingerprint density at radius 3 is 2.10 bits per heavy atom. The number of hydrogen-bond donors (Lipinski definition) is 4. The van der Waals surface area contributed by atoms with E-state index in [1.54, 1.807) is 24.3 Å². The maximum Gasteiger partial charge on any atom is 0.501 e. The van der Waals surface area contributed by atoms with Crippen LogP contribution >= 0.6 is 23.4 Å². The largest absolute Gasteiger partial charge is 0.501 e. The van der Waals surface area contributed by atoms with Gasteiger partial charge in [0.25, 0.3) is 19.9 Å². The molecule has 0 radical (unpaired) electrons. The fourth-order valence-corrected chi connectivity index (χ4v) is 12.1. The van der Waals surface area contributed by atoms with Crippen LogP contribution in [0.1, 0.15) is 25.0 Å². The van der Waals surface area contributed by atoms with E-state index in [1.165, 1.54) is 11.8 Å². The molecule has 0 amide bonds. The summed E-state index contributed by atoms with van der Waals surface area (Å²) in [5, 5.41) is 13.7. The van der Waals surface area contributed by atoms with Crippen LogP contribution in [0.15, 0.2) is 136 Å². The third-order valence-electron chi connectivity index (χ3n) is 12.9. The first kappa shape index (κ1) is 50.0. The number of halogens is 4. The molecule has 0 saturated carbocycles. The molecule has 0 unspecified atom stereocenters. The minimum absolute atomic E-state index is 0.147. The number of nitrogens with one attached hydrogen (secondary N) is 2. The van der Waals surface area contributed by atoms with Gasteiger partial charge in [-0.3, -0.25) is 4.72 Å². The molecule has 1 atom stereocenters. The summed E-state index contributed by atoms with van der Waals surface area (Å²) < 4.78 is 101. The van der Waals surface area contributed by atoms with Crippen molar-refractivity contribution in [1.29, 1.82) is 0 Å². The Labute approximate surface area is 411 Å². The third kappa shape index (κ3) is 11.5. The Kier molecular flexibility index (Phi) is 15.2. The molecule has 19 heteroatoms. The maximum absolute atomic E-state index is 14.3. The van der Waals surface area contributed by atoms with Crippen LogP contribution in [-0.2, 0) is 26.9 Å². The SMILES string of the molecule is Cc1c(N)c(-c2cccc(N3CCN(c4ccc(NS(=O)(=O)c5ccc(N[C@H](CCN6CCC(O)CC6)CSc6ccccc6)c(S(=O)(=O)C(F)(F)F)c5)cc4)CC3)c2)c(-c2ccc(Cl)cc2)n1C. The number of likely N-dealkylation sites (tertiary alicyclic amines) is 1. The normalized spacial score (nSPS) is 15.9. The van der Waals surface area contributed by atoms with Crippen LogP contribution in [0.3, 0.4) is 0 Å². The number of piperazine rings is 1. The summed E-state index contributed by atoms with van der Waals surface area (Å²) in [6.07, 6.45) is 1.27. The molecule has 0 aliphatic carbocycles. The van der Waals surface area contributed by atoms with Crippen molar-refractivity contribution in [2.75, 3.05) is 77.1 Å². The lowest BCUT2D eigenvalue weighted by Crippen LogP contribution is -2.46. The molecular formula is C50H55ClF3N7O5S3. The molecule has 12 nitrogen and oxygen atoms in total. The monoisotopic (exact) mass is 1020 g/mol. The lowest BCUT2D eigenvalue weighted by molar-refractivity contribution is -0.0435. The van der Waals surface area contributed by atoms with E-state index in [9.17, 15) is 35.1 Å². The smallest absolute Gasteiger partial charge is 0.397 e.